The third kappa shape index (κ3) is 2.56. The molecule has 1 heterocycles. The molecule has 3 nitrogen and oxygen atoms in total. The van der Waals surface area contributed by atoms with E-state index < -0.39 is 0 Å². The molecular weight excluding hydrogens is 266 g/mol. The SMILES string of the molecule is Cc1cccc(C(=N)N)c1N(Cc1ccsc1)C1CC1. The van der Waals surface area contributed by atoms with Crippen LogP contribution in [0.4, 0.5) is 5.69 Å². The quantitative estimate of drug-likeness (QED) is 0.652. The minimum Gasteiger partial charge on any atom is -0.384 e. The van der Waals surface area contributed by atoms with Gasteiger partial charge in [0.25, 0.3) is 0 Å². The summed E-state index contributed by atoms with van der Waals surface area (Å²) < 4.78 is 0. The average Bonchev–Trinajstić information content (AvgIpc) is 3.13. The summed E-state index contributed by atoms with van der Waals surface area (Å²) >= 11 is 1.73. The number of aryl methyl sites for hydroxylation is 1. The van der Waals surface area contributed by atoms with Gasteiger partial charge in [0.2, 0.25) is 0 Å². The van der Waals surface area contributed by atoms with Crippen LogP contribution in [0.1, 0.15) is 29.5 Å². The van der Waals surface area contributed by atoms with Gasteiger partial charge < -0.3 is 10.6 Å². The average molecular weight is 285 g/mol. The van der Waals surface area contributed by atoms with Gasteiger partial charge in [0.15, 0.2) is 0 Å². The van der Waals surface area contributed by atoms with Crippen molar-refractivity contribution in [3.63, 3.8) is 0 Å². The van der Waals surface area contributed by atoms with E-state index in [4.69, 9.17) is 11.1 Å². The molecule has 1 saturated carbocycles. The van der Waals surface area contributed by atoms with Gasteiger partial charge in [-0.1, -0.05) is 12.1 Å². The van der Waals surface area contributed by atoms with Gasteiger partial charge in [0, 0.05) is 18.2 Å². The van der Waals surface area contributed by atoms with Crippen LogP contribution in [0.3, 0.4) is 0 Å². The Hall–Kier alpha value is -1.81. The number of amidine groups is 1. The monoisotopic (exact) mass is 285 g/mol. The molecule has 3 rings (SSSR count). The molecule has 20 heavy (non-hydrogen) atoms. The van der Waals surface area contributed by atoms with Crippen LogP contribution in [0.2, 0.25) is 0 Å². The van der Waals surface area contributed by atoms with Crippen molar-refractivity contribution in [2.75, 3.05) is 4.90 Å². The van der Waals surface area contributed by atoms with E-state index in [0.717, 1.165) is 17.8 Å². The lowest BCUT2D eigenvalue weighted by Gasteiger charge is -2.28. The van der Waals surface area contributed by atoms with E-state index in [1.807, 2.05) is 12.1 Å². The van der Waals surface area contributed by atoms with Gasteiger partial charge in [-0.25, -0.2) is 0 Å². The summed E-state index contributed by atoms with van der Waals surface area (Å²) in [5, 5.41) is 12.1. The molecule has 0 radical (unpaired) electrons. The molecule has 1 aromatic heterocycles. The number of benzene rings is 1. The predicted octanol–water partition coefficient (Wildman–Crippen LogP) is 3.51. The lowest BCUT2D eigenvalue weighted by Crippen LogP contribution is -2.28. The van der Waals surface area contributed by atoms with Crippen LogP contribution in [0.25, 0.3) is 0 Å². The first-order valence-corrected chi connectivity index (χ1v) is 7.83. The summed E-state index contributed by atoms with van der Waals surface area (Å²) in [6.45, 7) is 3.00. The van der Waals surface area contributed by atoms with Gasteiger partial charge in [-0.05, 0) is 53.8 Å². The van der Waals surface area contributed by atoms with E-state index in [0.29, 0.717) is 6.04 Å². The van der Waals surface area contributed by atoms with E-state index in [-0.39, 0.29) is 5.84 Å². The molecule has 0 amide bonds. The highest BCUT2D eigenvalue weighted by molar-refractivity contribution is 7.07. The number of anilines is 1. The second-order valence-electron chi connectivity index (χ2n) is 5.38. The Kier molecular flexibility index (Phi) is 3.49. The molecule has 4 heteroatoms. The van der Waals surface area contributed by atoms with E-state index in [2.05, 4.69) is 34.7 Å². The van der Waals surface area contributed by atoms with Crippen LogP contribution in [0.15, 0.2) is 35.0 Å². The topological polar surface area (TPSA) is 53.1 Å². The largest absolute Gasteiger partial charge is 0.384 e. The van der Waals surface area contributed by atoms with Crippen LogP contribution in [0.5, 0.6) is 0 Å². The van der Waals surface area contributed by atoms with E-state index in [1.165, 1.54) is 24.0 Å². The van der Waals surface area contributed by atoms with Crippen molar-refractivity contribution in [3.05, 3.63) is 51.7 Å². The summed E-state index contributed by atoms with van der Waals surface area (Å²) in [7, 11) is 0. The number of nitrogen functional groups attached to an aromatic ring is 1. The Morgan fingerprint density at radius 2 is 2.20 bits per heavy atom. The lowest BCUT2D eigenvalue weighted by molar-refractivity contribution is 0.792. The van der Waals surface area contributed by atoms with Gasteiger partial charge in [0.1, 0.15) is 5.84 Å². The zero-order valence-corrected chi connectivity index (χ0v) is 12.4. The second-order valence-corrected chi connectivity index (χ2v) is 6.16. The Morgan fingerprint density at radius 1 is 1.40 bits per heavy atom. The first-order valence-electron chi connectivity index (χ1n) is 6.88. The van der Waals surface area contributed by atoms with Crippen molar-refractivity contribution in [3.8, 4) is 0 Å². The van der Waals surface area contributed by atoms with Gasteiger partial charge in [-0.2, -0.15) is 11.3 Å². The molecule has 104 valence electrons. The zero-order chi connectivity index (χ0) is 14.1. The summed E-state index contributed by atoms with van der Waals surface area (Å²) in [4.78, 5) is 2.42. The number of nitrogens with one attached hydrogen (secondary N) is 1. The van der Waals surface area contributed by atoms with Crippen LogP contribution in [-0.2, 0) is 6.54 Å². The van der Waals surface area contributed by atoms with Crippen LogP contribution >= 0.6 is 11.3 Å². The number of nitrogens with two attached hydrogens (primary N) is 1. The third-order valence-corrected chi connectivity index (χ3v) is 4.47. The summed E-state index contributed by atoms with van der Waals surface area (Å²) in [5.74, 6) is 0.152. The zero-order valence-electron chi connectivity index (χ0n) is 11.6. The van der Waals surface area contributed by atoms with Gasteiger partial charge in [0.05, 0.1) is 5.69 Å². The molecule has 0 atom stereocenters. The number of para-hydroxylation sites is 1. The Bertz CT molecular complexity index is 615. The van der Waals surface area contributed by atoms with Gasteiger partial charge in [-0.15, -0.1) is 0 Å². The minimum atomic E-state index is 0.152. The molecule has 0 aliphatic heterocycles. The first-order chi connectivity index (χ1) is 9.66. The number of rotatable bonds is 5. The van der Waals surface area contributed by atoms with E-state index >= 15 is 0 Å². The molecule has 1 aliphatic carbocycles. The number of hydrogen-bond acceptors (Lipinski definition) is 3. The Labute approximate surface area is 123 Å². The molecule has 1 fully saturated rings. The number of nitrogens with zero attached hydrogens (tertiary/aromatic N) is 1. The third-order valence-electron chi connectivity index (χ3n) is 3.74. The smallest absolute Gasteiger partial charge is 0.124 e. The Balaban J connectivity index is 2.01. The normalized spacial score (nSPS) is 14.2. The molecule has 2 aromatic rings. The molecule has 0 unspecified atom stereocenters. The minimum absolute atomic E-state index is 0.152. The van der Waals surface area contributed by atoms with Crippen LogP contribution in [-0.4, -0.2) is 11.9 Å². The fraction of sp³-hybridized carbons (Fsp3) is 0.312. The summed E-state index contributed by atoms with van der Waals surface area (Å²) in [5.41, 5.74) is 10.3. The van der Waals surface area contributed by atoms with Gasteiger partial charge >= 0.3 is 0 Å². The fourth-order valence-corrected chi connectivity index (χ4v) is 3.27. The lowest BCUT2D eigenvalue weighted by atomic mass is 10.0. The Morgan fingerprint density at radius 3 is 2.80 bits per heavy atom. The molecule has 0 bridgehead atoms. The maximum atomic E-state index is 7.83. The van der Waals surface area contributed by atoms with Crippen molar-refractivity contribution in [2.45, 2.75) is 32.4 Å². The van der Waals surface area contributed by atoms with Crippen LogP contribution in [0, 0.1) is 12.3 Å². The highest BCUT2D eigenvalue weighted by atomic mass is 32.1. The maximum absolute atomic E-state index is 7.83. The maximum Gasteiger partial charge on any atom is 0.124 e. The molecule has 3 N–H and O–H groups in total. The van der Waals surface area contributed by atoms with Gasteiger partial charge in [-0.3, -0.25) is 5.41 Å². The van der Waals surface area contributed by atoms with E-state index in [1.54, 1.807) is 11.3 Å². The highest BCUT2D eigenvalue weighted by Gasteiger charge is 2.31. The molecule has 1 aromatic carbocycles. The predicted molar refractivity (Wildman–Crippen MR) is 85.7 cm³/mol. The van der Waals surface area contributed by atoms with Crippen molar-refractivity contribution in [2.24, 2.45) is 5.73 Å². The standard InChI is InChI=1S/C16H19N3S/c1-11-3-2-4-14(16(17)18)15(11)19(13-5-6-13)9-12-7-8-20-10-12/h2-4,7-8,10,13H,5-6,9H2,1H3,(H3,17,18). The molecular formula is C16H19N3S. The summed E-state index contributed by atoms with van der Waals surface area (Å²) in [6, 6.07) is 8.80. The van der Waals surface area contributed by atoms with Crippen molar-refractivity contribution >= 4 is 22.9 Å². The molecule has 0 saturated heterocycles. The summed E-state index contributed by atoms with van der Waals surface area (Å²) in [6.07, 6.45) is 2.46. The second kappa shape index (κ2) is 5.29. The fourth-order valence-electron chi connectivity index (χ4n) is 2.61. The van der Waals surface area contributed by atoms with Crippen molar-refractivity contribution in [1.82, 2.24) is 0 Å². The van der Waals surface area contributed by atoms with Crippen molar-refractivity contribution < 1.29 is 0 Å². The highest BCUT2D eigenvalue weighted by Crippen LogP contribution is 2.37. The number of thiophene rings is 1. The van der Waals surface area contributed by atoms with E-state index in [9.17, 15) is 0 Å². The molecule has 0 spiro atoms. The first kappa shape index (κ1) is 13.2. The van der Waals surface area contributed by atoms with Crippen molar-refractivity contribution in [1.29, 1.82) is 5.41 Å². The van der Waals surface area contributed by atoms with Crippen LogP contribution < -0.4 is 10.6 Å². The number of hydrogen-bond donors (Lipinski definition) is 2. The molecule has 1 aliphatic rings.